The molecule has 0 fully saturated rings. The second-order valence-corrected chi connectivity index (χ2v) is 4.80. The molecule has 1 heterocycles. The Morgan fingerprint density at radius 2 is 2.27 bits per heavy atom. The van der Waals surface area contributed by atoms with Crippen molar-refractivity contribution in [3.63, 3.8) is 0 Å². The molecule has 2 rings (SSSR count). The molecule has 0 amide bonds. The summed E-state index contributed by atoms with van der Waals surface area (Å²) in [6.45, 7) is 1.38. The van der Waals surface area contributed by atoms with Crippen molar-refractivity contribution in [2.75, 3.05) is 6.61 Å². The van der Waals surface area contributed by atoms with E-state index in [9.17, 15) is 13.9 Å². The number of hydrogen-bond acceptors (Lipinski definition) is 4. The molecule has 7 heteroatoms. The summed E-state index contributed by atoms with van der Waals surface area (Å²) in [5.41, 5.74) is -1.89. The van der Waals surface area contributed by atoms with Crippen LogP contribution in [0.4, 0.5) is 8.78 Å². The van der Waals surface area contributed by atoms with Crippen molar-refractivity contribution in [1.82, 2.24) is 14.8 Å². The number of nitrogens with zero attached hydrogens (tertiary/aromatic N) is 3. The van der Waals surface area contributed by atoms with Crippen molar-refractivity contribution in [2.45, 2.75) is 25.2 Å². The molecule has 116 valence electrons. The lowest BCUT2D eigenvalue weighted by Crippen LogP contribution is -2.44. The van der Waals surface area contributed by atoms with Crippen molar-refractivity contribution in [1.29, 1.82) is 0 Å². The summed E-state index contributed by atoms with van der Waals surface area (Å²) in [4.78, 5) is 3.77. The number of benzene rings is 1. The van der Waals surface area contributed by atoms with Gasteiger partial charge in [-0.3, -0.25) is 0 Å². The number of aliphatic hydroxyl groups is 1. The van der Waals surface area contributed by atoms with Gasteiger partial charge >= 0.3 is 0 Å². The van der Waals surface area contributed by atoms with Crippen LogP contribution in [0.1, 0.15) is 12.5 Å². The van der Waals surface area contributed by atoms with Crippen LogP contribution in [0.5, 0.6) is 0 Å². The smallest absolute Gasteiger partial charge is 0.138 e. The fraction of sp³-hybridized carbons (Fsp3) is 0.333. The van der Waals surface area contributed by atoms with Crippen LogP contribution in [0.15, 0.2) is 30.9 Å². The van der Waals surface area contributed by atoms with E-state index in [1.165, 1.54) is 23.4 Å². The predicted octanol–water partition coefficient (Wildman–Crippen LogP) is 1.48. The molecule has 0 saturated carbocycles. The van der Waals surface area contributed by atoms with Crippen LogP contribution in [0.3, 0.4) is 0 Å². The number of rotatable bonds is 6. The lowest BCUT2D eigenvalue weighted by atomic mass is 9.88. The van der Waals surface area contributed by atoms with Crippen LogP contribution >= 0.6 is 0 Å². The topological polar surface area (TPSA) is 60.2 Å². The highest BCUT2D eigenvalue weighted by Gasteiger charge is 2.39. The zero-order valence-electron chi connectivity index (χ0n) is 11.9. The summed E-state index contributed by atoms with van der Waals surface area (Å²) in [7, 11) is 0. The van der Waals surface area contributed by atoms with E-state index in [2.05, 4.69) is 16.0 Å². The molecule has 1 N–H and O–H groups in total. The van der Waals surface area contributed by atoms with E-state index in [4.69, 9.17) is 11.2 Å². The van der Waals surface area contributed by atoms with Gasteiger partial charge in [0.25, 0.3) is 0 Å². The highest BCUT2D eigenvalue weighted by atomic mass is 19.1. The third-order valence-corrected chi connectivity index (χ3v) is 3.36. The lowest BCUT2D eigenvalue weighted by molar-refractivity contribution is -0.111. The molecule has 0 aliphatic carbocycles. The number of terminal acetylenes is 1. The summed E-state index contributed by atoms with van der Waals surface area (Å²) < 4.78 is 33.9. The Hall–Kier alpha value is -2.30. The summed E-state index contributed by atoms with van der Waals surface area (Å²) in [5.74, 6) is 0.672. The zero-order valence-corrected chi connectivity index (χ0v) is 11.9. The Kier molecular flexibility index (Phi) is 4.85. The molecule has 0 bridgehead atoms. The van der Waals surface area contributed by atoms with Crippen LogP contribution in [-0.4, -0.2) is 32.6 Å². The van der Waals surface area contributed by atoms with Crippen molar-refractivity contribution in [2.24, 2.45) is 0 Å². The fourth-order valence-electron chi connectivity index (χ4n) is 2.15. The van der Waals surface area contributed by atoms with Crippen LogP contribution in [0.2, 0.25) is 0 Å². The van der Waals surface area contributed by atoms with Gasteiger partial charge in [0, 0.05) is 11.6 Å². The van der Waals surface area contributed by atoms with E-state index in [1.807, 2.05) is 0 Å². The Labute approximate surface area is 126 Å². The Morgan fingerprint density at radius 1 is 1.50 bits per heavy atom. The fourth-order valence-corrected chi connectivity index (χ4v) is 2.15. The molecule has 0 aliphatic rings. The molecule has 2 atom stereocenters. The van der Waals surface area contributed by atoms with Crippen LogP contribution < -0.4 is 0 Å². The van der Waals surface area contributed by atoms with Gasteiger partial charge in [-0.25, -0.2) is 18.4 Å². The Bertz CT molecular complexity index is 670. The highest BCUT2D eigenvalue weighted by Crippen LogP contribution is 2.31. The SMILES string of the molecule is C#CCOC(C)C(O)(Cn1cncn1)c1ccc(F)cc1F. The van der Waals surface area contributed by atoms with Gasteiger partial charge in [0.15, 0.2) is 0 Å². The predicted molar refractivity (Wildman–Crippen MR) is 74.5 cm³/mol. The molecule has 0 radical (unpaired) electrons. The molecule has 1 aromatic carbocycles. The van der Waals surface area contributed by atoms with E-state index in [0.29, 0.717) is 6.07 Å². The molecule has 5 nitrogen and oxygen atoms in total. The minimum atomic E-state index is -1.79. The minimum Gasteiger partial charge on any atom is -0.380 e. The summed E-state index contributed by atoms with van der Waals surface area (Å²) >= 11 is 0. The molecule has 1 aromatic heterocycles. The van der Waals surface area contributed by atoms with Gasteiger partial charge in [0.1, 0.15) is 36.5 Å². The number of ether oxygens (including phenoxy) is 1. The Morgan fingerprint density at radius 3 is 2.86 bits per heavy atom. The third kappa shape index (κ3) is 3.30. The van der Waals surface area contributed by atoms with Crippen LogP contribution in [-0.2, 0) is 16.9 Å². The molecule has 0 aliphatic heterocycles. The maximum Gasteiger partial charge on any atom is 0.138 e. The minimum absolute atomic E-state index is 0.0519. The average Bonchev–Trinajstić information content (AvgIpc) is 2.97. The van der Waals surface area contributed by atoms with E-state index >= 15 is 0 Å². The van der Waals surface area contributed by atoms with E-state index in [-0.39, 0.29) is 18.7 Å². The third-order valence-electron chi connectivity index (χ3n) is 3.36. The second-order valence-electron chi connectivity index (χ2n) is 4.80. The van der Waals surface area contributed by atoms with Crippen molar-refractivity contribution >= 4 is 0 Å². The van der Waals surface area contributed by atoms with Crippen LogP contribution in [0, 0.1) is 24.0 Å². The van der Waals surface area contributed by atoms with Gasteiger partial charge in [-0.2, -0.15) is 5.10 Å². The zero-order chi connectivity index (χ0) is 16.2. The van der Waals surface area contributed by atoms with Gasteiger partial charge in [-0.05, 0) is 13.0 Å². The first kappa shape index (κ1) is 16.1. The standard InChI is InChI=1S/C15H15F2N3O2/c1-3-6-22-11(2)15(21,8-20-10-18-9-19-20)13-5-4-12(16)7-14(13)17/h1,4-5,7,9-11,21H,6,8H2,2H3. The first-order chi connectivity index (χ1) is 10.5. The van der Waals surface area contributed by atoms with Gasteiger partial charge < -0.3 is 9.84 Å². The molecule has 0 spiro atoms. The largest absolute Gasteiger partial charge is 0.380 e. The summed E-state index contributed by atoms with van der Waals surface area (Å²) in [6, 6.07) is 2.95. The summed E-state index contributed by atoms with van der Waals surface area (Å²) in [5, 5.41) is 14.9. The van der Waals surface area contributed by atoms with E-state index in [1.54, 1.807) is 6.92 Å². The number of halogens is 2. The average molecular weight is 307 g/mol. The normalized spacial score (nSPS) is 15.0. The number of hydrogen-bond donors (Lipinski definition) is 1. The highest BCUT2D eigenvalue weighted by molar-refractivity contribution is 5.26. The summed E-state index contributed by atoms with van der Waals surface area (Å²) in [6.07, 6.45) is 6.94. The van der Waals surface area contributed by atoms with Gasteiger partial charge in [0.05, 0.1) is 12.6 Å². The molecule has 0 saturated heterocycles. The van der Waals surface area contributed by atoms with Crippen LogP contribution in [0.25, 0.3) is 0 Å². The lowest BCUT2D eigenvalue weighted by Gasteiger charge is -2.34. The van der Waals surface area contributed by atoms with Gasteiger partial charge in [-0.1, -0.05) is 12.0 Å². The van der Waals surface area contributed by atoms with Gasteiger partial charge in [0.2, 0.25) is 0 Å². The van der Waals surface area contributed by atoms with Crippen molar-refractivity contribution < 1.29 is 18.6 Å². The van der Waals surface area contributed by atoms with Gasteiger partial charge in [-0.15, -0.1) is 6.42 Å². The molecular weight excluding hydrogens is 292 g/mol. The first-order valence-electron chi connectivity index (χ1n) is 6.52. The number of aromatic nitrogens is 3. The molecule has 2 aromatic rings. The molecule has 22 heavy (non-hydrogen) atoms. The molecule has 2 unspecified atom stereocenters. The van der Waals surface area contributed by atoms with Crippen molar-refractivity contribution in [3.8, 4) is 12.3 Å². The second kappa shape index (κ2) is 6.64. The first-order valence-corrected chi connectivity index (χ1v) is 6.52. The monoisotopic (exact) mass is 307 g/mol. The van der Waals surface area contributed by atoms with Crippen molar-refractivity contribution in [3.05, 3.63) is 48.1 Å². The maximum absolute atomic E-state index is 14.1. The maximum atomic E-state index is 14.1. The van der Waals surface area contributed by atoms with E-state index in [0.717, 1.165) is 6.07 Å². The van der Waals surface area contributed by atoms with E-state index < -0.39 is 23.3 Å². The Balaban J connectivity index is 2.41. The molecular formula is C15H15F2N3O2. The quantitative estimate of drug-likeness (QED) is 0.821.